The molecule has 1 aliphatic heterocycles. The highest BCUT2D eigenvalue weighted by Crippen LogP contribution is 2.17. The third-order valence-corrected chi connectivity index (χ3v) is 2.57. The molecule has 1 amide bonds. The average molecular weight is 244 g/mol. The van der Waals surface area contributed by atoms with Gasteiger partial charge in [-0.3, -0.25) is 0 Å². The number of carbonyl (C=O) groups excluding carboxylic acids is 1. The molecule has 2 atom stereocenters. The van der Waals surface area contributed by atoms with Crippen molar-refractivity contribution in [3.05, 3.63) is 0 Å². The van der Waals surface area contributed by atoms with E-state index in [-0.39, 0.29) is 6.04 Å². The lowest BCUT2D eigenvalue weighted by Gasteiger charge is -2.21. The van der Waals surface area contributed by atoms with E-state index in [1.165, 1.54) is 0 Å². The van der Waals surface area contributed by atoms with Crippen LogP contribution in [0, 0.1) is 5.92 Å². The first-order valence-electron chi connectivity index (χ1n) is 6.17. The van der Waals surface area contributed by atoms with Crippen LogP contribution in [-0.2, 0) is 9.47 Å². The quantitative estimate of drug-likeness (QED) is 0.781. The Morgan fingerprint density at radius 1 is 1.59 bits per heavy atom. The zero-order chi connectivity index (χ0) is 12.9. The molecule has 0 aromatic carbocycles. The molecule has 0 radical (unpaired) electrons. The maximum atomic E-state index is 11.4. The third-order valence-electron chi connectivity index (χ3n) is 2.57. The van der Waals surface area contributed by atoms with Crippen molar-refractivity contribution in [2.24, 2.45) is 11.7 Å². The molecule has 0 spiro atoms. The van der Waals surface area contributed by atoms with Crippen LogP contribution in [0.4, 0.5) is 4.79 Å². The largest absolute Gasteiger partial charge is 0.444 e. The molecular weight excluding hydrogens is 220 g/mol. The number of hydrogen-bond donors (Lipinski definition) is 2. The molecule has 0 bridgehead atoms. The molecule has 1 fully saturated rings. The van der Waals surface area contributed by atoms with E-state index in [0.29, 0.717) is 12.5 Å². The van der Waals surface area contributed by atoms with E-state index in [1.807, 2.05) is 20.8 Å². The highest BCUT2D eigenvalue weighted by molar-refractivity contribution is 5.67. The first-order valence-corrected chi connectivity index (χ1v) is 6.17. The van der Waals surface area contributed by atoms with Crippen LogP contribution in [0.3, 0.4) is 0 Å². The lowest BCUT2D eigenvalue weighted by atomic mass is 10.00. The predicted molar refractivity (Wildman–Crippen MR) is 65.8 cm³/mol. The Bertz CT molecular complexity index is 245. The topological polar surface area (TPSA) is 73.6 Å². The van der Waals surface area contributed by atoms with E-state index >= 15 is 0 Å². The van der Waals surface area contributed by atoms with Gasteiger partial charge in [0.15, 0.2) is 0 Å². The SMILES string of the molecule is CC(C)(C)OC(=O)NCC(N)CC1CCOC1. The van der Waals surface area contributed by atoms with Crippen molar-refractivity contribution in [2.45, 2.75) is 45.3 Å². The molecule has 0 aromatic heterocycles. The molecule has 0 saturated carbocycles. The molecule has 2 unspecified atom stereocenters. The summed E-state index contributed by atoms with van der Waals surface area (Å²) in [5.74, 6) is 0.533. The Kier molecular flexibility index (Phi) is 5.21. The molecule has 17 heavy (non-hydrogen) atoms. The summed E-state index contributed by atoms with van der Waals surface area (Å²) in [6.45, 7) is 7.58. The fraction of sp³-hybridized carbons (Fsp3) is 0.917. The average Bonchev–Trinajstić information content (AvgIpc) is 2.64. The monoisotopic (exact) mass is 244 g/mol. The van der Waals surface area contributed by atoms with Crippen LogP contribution in [0.5, 0.6) is 0 Å². The number of nitrogens with one attached hydrogen (secondary N) is 1. The minimum absolute atomic E-state index is 0.0331. The number of alkyl carbamates (subject to hydrolysis) is 1. The number of rotatable bonds is 4. The lowest BCUT2D eigenvalue weighted by molar-refractivity contribution is 0.0523. The van der Waals surface area contributed by atoms with E-state index in [4.69, 9.17) is 15.2 Å². The molecule has 100 valence electrons. The van der Waals surface area contributed by atoms with Gasteiger partial charge in [0.2, 0.25) is 0 Å². The molecule has 5 nitrogen and oxygen atoms in total. The van der Waals surface area contributed by atoms with E-state index < -0.39 is 11.7 Å². The Hall–Kier alpha value is -0.810. The summed E-state index contributed by atoms with van der Waals surface area (Å²) in [5, 5.41) is 2.69. The van der Waals surface area contributed by atoms with Crippen LogP contribution < -0.4 is 11.1 Å². The van der Waals surface area contributed by atoms with Crippen LogP contribution in [0.25, 0.3) is 0 Å². The Labute approximate surface area is 103 Å². The number of ether oxygens (including phenoxy) is 2. The number of amides is 1. The maximum absolute atomic E-state index is 11.4. The van der Waals surface area contributed by atoms with Gasteiger partial charge in [-0.2, -0.15) is 0 Å². The van der Waals surface area contributed by atoms with Crippen molar-refractivity contribution < 1.29 is 14.3 Å². The van der Waals surface area contributed by atoms with Gasteiger partial charge >= 0.3 is 6.09 Å². The first kappa shape index (κ1) is 14.3. The summed E-state index contributed by atoms with van der Waals surface area (Å²) < 4.78 is 10.4. The van der Waals surface area contributed by atoms with Gasteiger partial charge in [0.1, 0.15) is 5.60 Å². The van der Waals surface area contributed by atoms with Crippen LogP contribution in [0.15, 0.2) is 0 Å². The van der Waals surface area contributed by atoms with Gasteiger partial charge in [-0.1, -0.05) is 0 Å². The minimum Gasteiger partial charge on any atom is -0.444 e. The van der Waals surface area contributed by atoms with Gasteiger partial charge in [0.05, 0.1) is 0 Å². The van der Waals surface area contributed by atoms with Crippen molar-refractivity contribution in [3.8, 4) is 0 Å². The summed E-state index contributed by atoms with van der Waals surface area (Å²) in [4.78, 5) is 11.4. The zero-order valence-electron chi connectivity index (χ0n) is 11.0. The van der Waals surface area contributed by atoms with E-state index in [9.17, 15) is 4.79 Å². The summed E-state index contributed by atoms with van der Waals surface area (Å²) in [6.07, 6.45) is 1.55. The molecule has 0 aromatic rings. The van der Waals surface area contributed by atoms with Gasteiger partial charge in [-0.25, -0.2) is 4.79 Å². The fourth-order valence-corrected chi connectivity index (χ4v) is 1.81. The van der Waals surface area contributed by atoms with Gasteiger partial charge in [-0.15, -0.1) is 0 Å². The van der Waals surface area contributed by atoms with Crippen molar-refractivity contribution >= 4 is 6.09 Å². The Morgan fingerprint density at radius 3 is 2.82 bits per heavy atom. The Balaban J connectivity index is 2.14. The van der Waals surface area contributed by atoms with Gasteiger partial charge in [-0.05, 0) is 39.5 Å². The second kappa shape index (κ2) is 6.21. The summed E-state index contributed by atoms with van der Waals surface area (Å²) in [6, 6.07) is -0.0331. The second-order valence-electron chi connectivity index (χ2n) is 5.61. The van der Waals surface area contributed by atoms with Crippen molar-refractivity contribution in [1.82, 2.24) is 5.32 Å². The Morgan fingerprint density at radius 2 is 2.29 bits per heavy atom. The van der Waals surface area contributed by atoms with Gasteiger partial charge < -0.3 is 20.5 Å². The van der Waals surface area contributed by atoms with Crippen LogP contribution in [-0.4, -0.2) is 37.5 Å². The summed E-state index contributed by atoms with van der Waals surface area (Å²) in [5.41, 5.74) is 5.47. The van der Waals surface area contributed by atoms with Crippen molar-refractivity contribution in [2.75, 3.05) is 19.8 Å². The predicted octanol–water partition coefficient (Wildman–Crippen LogP) is 1.27. The fourth-order valence-electron chi connectivity index (χ4n) is 1.81. The maximum Gasteiger partial charge on any atom is 0.407 e. The number of carbonyl (C=O) groups is 1. The molecule has 1 heterocycles. The van der Waals surface area contributed by atoms with Crippen molar-refractivity contribution in [3.63, 3.8) is 0 Å². The standard InChI is InChI=1S/C12H24N2O3/c1-12(2,3)17-11(15)14-7-10(13)6-9-4-5-16-8-9/h9-10H,4-8,13H2,1-3H3,(H,14,15). The van der Waals surface area contributed by atoms with E-state index in [1.54, 1.807) is 0 Å². The number of hydrogen-bond acceptors (Lipinski definition) is 4. The highest BCUT2D eigenvalue weighted by Gasteiger charge is 2.20. The highest BCUT2D eigenvalue weighted by atomic mass is 16.6. The van der Waals surface area contributed by atoms with Crippen LogP contribution in [0.1, 0.15) is 33.6 Å². The first-order chi connectivity index (χ1) is 7.87. The van der Waals surface area contributed by atoms with Crippen LogP contribution in [0.2, 0.25) is 0 Å². The van der Waals surface area contributed by atoms with E-state index in [0.717, 1.165) is 26.1 Å². The minimum atomic E-state index is -0.465. The summed E-state index contributed by atoms with van der Waals surface area (Å²) in [7, 11) is 0. The van der Waals surface area contributed by atoms with Gasteiger partial charge in [0.25, 0.3) is 0 Å². The van der Waals surface area contributed by atoms with E-state index in [2.05, 4.69) is 5.32 Å². The zero-order valence-corrected chi connectivity index (χ0v) is 11.0. The second-order valence-corrected chi connectivity index (χ2v) is 5.61. The molecule has 1 rings (SSSR count). The summed E-state index contributed by atoms with van der Waals surface area (Å²) >= 11 is 0. The molecule has 5 heteroatoms. The normalized spacial score (nSPS) is 22.2. The molecule has 1 saturated heterocycles. The molecule has 3 N–H and O–H groups in total. The van der Waals surface area contributed by atoms with Crippen LogP contribution >= 0.6 is 0 Å². The van der Waals surface area contributed by atoms with Crippen molar-refractivity contribution in [1.29, 1.82) is 0 Å². The number of nitrogens with two attached hydrogens (primary N) is 1. The third kappa shape index (κ3) is 6.48. The molecular formula is C12H24N2O3. The lowest BCUT2D eigenvalue weighted by Crippen LogP contribution is -2.41. The molecule has 1 aliphatic rings. The molecule has 0 aliphatic carbocycles. The smallest absolute Gasteiger partial charge is 0.407 e. The van der Waals surface area contributed by atoms with Gasteiger partial charge in [0, 0.05) is 25.8 Å².